The van der Waals surface area contributed by atoms with Crippen LogP contribution in [0.4, 0.5) is 0 Å². The second-order valence-corrected chi connectivity index (χ2v) is 4.31. The molecule has 0 spiro atoms. The van der Waals surface area contributed by atoms with Crippen LogP contribution in [0.15, 0.2) is 10.8 Å². The molecule has 1 atom stereocenters. The van der Waals surface area contributed by atoms with Gasteiger partial charge in [-0.15, -0.1) is 0 Å². The number of rotatable bonds is 5. The van der Waals surface area contributed by atoms with Crippen molar-refractivity contribution in [2.24, 2.45) is 11.7 Å². The summed E-state index contributed by atoms with van der Waals surface area (Å²) in [6.45, 7) is 6.25. The zero-order valence-corrected chi connectivity index (χ0v) is 9.99. The van der Waals surface area contributed by atoms with Gasteiger partial charge in [-0.2, -0.15) is 0 Å². The quantitative estimate of drug-likeness (QED) is 0.782. The fraction of sp³-hybridized carbons (Fsp3) is 0.636. The van der Waals surface area contributed by atoms with E-state index in [1.54, 1.807) is 0 Å². The predicted molar refractivity (Wildman–Crippen MR) is 60.5 cm³/mol. The second-order valence-electron chi connectivity index (χ2n) is 4.31. The zero-order chi connectivity index (χ0) is 12.1. The Morgan fingerprint density at radius 3 is 2.81 bits per heavy atom. The van der Waals surface area contributed by atoms with E-state index in [9.17, 15) is 4.79 Å². The van der Waals surface area contributed by atoms with Gasteiger partial charge in [-0.05, 0) is 19.3 Å². The molecule has 5 heteroatoms. The first-order valence-corrected chi connectivity index (χ1v) is 5.43. The summed E-state index contributed by atoms with van der Waals surface area (Å²) in [5.41, 5.74) is 6.48. The minimum atomic E-state index is -0.452. The highest BCUT2D eigenvalue weighted by Crippen LogP contribution is 2.05. The van der Waals surface area contributed by atoms with E-state index in [0.717, 1.165) is 11.5 Å². The lowest BCUT2D eigenvalue weighted by atomic mass is 10.0. The summed E-state index contributed by atoms with van der Waals surface area (Å²) in [4.78, 5) is 15.6. The molecular formula is C11H19N3O2. The molecule has 1 aromatic rings. The Bertz CT molecular complexity index is 347. The number of aryl methyl sites for hydroxylation is 1. The van der Waals surface area contributed by atoms with Crippen molar-refractivity contribution in [1.82, 2.24) is 10.3 Å². The van der Waals surface area contributed by atoms with Crippen molar-refractivity contribution in [3.8, 4) is 0 Å². The molecule has 0 saturated carbocycles. The first-order chi connectivity index (χ1) is 7.50. The van der Waals surface area contributed by atoms with Crippen LogP contribution in [0, 0.1) is 12.8 Å². The summed E-state index contributed by atoms with van der Waals surface area (Å²) in [7, 11) is 0. The van der Waals surface area contributed by atoms with Crippen molar-refractivity contribution in [2.45, 2.75) is 39.8 Å². The molecule has 0 unspecified atom stereocenters. The Morgan fingerprint density at radius 1 is 1.62 bits per heavy atom. The first kappa shape index (κ1) is 12.7. The summed E-state index contributed by atoms with van der Waals surface area (Å²) in [6, 6.07) is -0.452. The molecule has 1 amide bonds. The number of amides is 1. The molecule has 1 aromatic heterocycles. The van der Waals surface area contributed by atoms with Crippen LogP contribution in [0.3, 0.4) is 0 Å². The van der Waals surface area contributed by atoms with Gasteiger partial charge in [-0.25, -0.2) is 4.98 Å². The third-order valence-corrected chi connectivity index (χ3v) is 2.34. The van der Waals surface area contributed by atoms with Gasteiger partial charge in [0, 0.05) is 0 Å². The second kappa shape index (κ2) is 5.65. The summed E-state index contributed by atoms with van der Waals surface area (Å²) in [6.07, 6.45) is 2.05. The number of aromatic nitrogens is 1. The summed E-state index contributed by atoms with van der Waals surface area (Å²) >= 11 is 0. The molecule has 0 fully saturated rings. The highest BCUT2D eigenvalue weighted by molar-refractivity contribution is 5.81. The van der Waals surface area contributed by atoms with E-state index in [1.165, 1.54) is 6.39 Å². The molecule has 0 bridgehead atoms. The zero-order valence-electron chi connectivity index (χ0n) is 9.99. The largest absolute Gasteiger partial charge is 0.448 e. The van der Waals surface area contributed by atoms with E-state index in [1.807, 2.05) is 20.8 Å². The van der Waals surface area contributed by atoms with Crippen molar-refractivity contribution in [1.29, 1.82) is 0 Å². The third kappa shape index (κ3) is 3.66. The van der Waals surface area contributed by atoms with Crippen molar-refractivity contribution >= 4 is 5.91 Å². The minimum absolute atomic E-state index is 0.142. The maximum Gasteiger partial charge on any atom is 0.237 e. The SMILES string of the molecule is Cc1ocnc1CNC(=O)[C@@H](N)CC(C)C. The van der Waals surface area contributed by atoms with E-state index in [4.69, 9.17) is 10.2 Å². The van der Waals surface area contributed by atoms with Crippen LogP contribution in [0.25, 0.3) is 0 Å². The van der Waals surface area contributed by atoms with Gasteiger partial charge in [0.05, 0.1) is 12.6 Å². The summed E-state index contributed by atoms with van der Waals surface area (Å²) in [5, 5.41) is 2.74. The molecular weight excluding hydrogens is 206 g/mol. The van der Waals surface area contributed by atoms with Gasteiger partial charge in [0.1, 0.15) is 11.5 Å². The third-order valence-electron chi connectivity index (χ3n) is 2.34. The summed E-state index contributed by atoms with van der Waals surface area (Å²) < 4.78 is 5.03. The fourth-order valence-corrected chi connectivity index (χ4v) is 1.41. The van der Waals surface area contributed by atoms with Gasteiger partial charge in [0.15, 0.2) is 6.39 Å². The lowest BCUT2D eigenvalue weighted by Crippen LogP contribution is -2.41. The van der Waals surface area contributed by atoms with Gasteiger partial charge in [0.25, 0.3) is 0 Å². The van der Waals surface area contributed by atoms with Crippen LogP contribution < -0.4 is 11.1 Å². The van der Waals surface area contributed by atoms with Crippen LogP contribution >= 0.6 is 0 Å². The molecule has 5 nitrogen and oxygen atoms in total. The lowest BCUT2D eigenvalue weighted by molar-refractivity contribution is -0.122. The Balaban J connectivity index is 2.38. The van der Waals surface area contributed by atoms with Gasteiger partial charge in [0.2, 0.25) is 5.91 Å². The number of nitrogens with one attached hydrogen (secondary N) is 1. The number of hydrogen-bond donors (Lipinski definition) is 2. The molecule has 1 heterocycles. The Hall–Kier alpha value is -1.36. The standard InChI is InChI=1S/C11H19N3O2/c1-7(2)4-9(12)11(15)13-5-10-8(3)16-6-14-10/h6-7,9H,4-5,12H2,1-3H3,(H,13,15)/t9-/m0/s1. The summed E-state index contributed by atoms with van der Waals surface area (Å²) in [5.74, 6) is 0.989. The maximum absolute atomic E-state index is 11.6. The molecule has 16 heavy (non-hydrogen) atoms. The van der Waals surface area contributed by atoms with Gasteiger partial charge in [-0.3, -0.25) is 4.79 Å². The molecule has 0 radical (unpaired) electrons. The van der Waals surface area contributed by atoms with E-state index in [-0.39, 0.29) is 5.91 Å². The Kier molecular flexibility index (Phi) is 4.49. The van der Waals surface area contributed by atoms with Gasteiger partial charge in [-0.1, -0.05) is 13.8 Å². The first-order valence-electron chi connectivity index (χ1n) is 5.43. The predicted octanol–water partition coefficient (Wildman–Crippen LogP) is 0.973. The van der Waals surface area contributed by atoms with Crippen LogP contribution in [0.2, 0.25) is 0 Å². The van der Waals surface area contributed by atoms with Crippen LogP contribution in [0.1, 0.15) is 31.7 Å². The molecule has 1 rings (SSSR count). The van der Waals surface area contributed by atoms with E-state index in [0.29, 0.717) is 18.9 Å². The molecule has 0 aromatic carbocycles. The van der Waals surface area contributed by atoms with Crippen molar-refractivity contribution in [2.75, 3.05) is 0 Å². The van der Waals surface area contributed by atoms with Gasteiger partial charge < -0.3 is 15.5 Å². The number of oxazole rings is 1. The number of nitrogens with two attached hydrogens (primary N) is 1. The molecule has 3 N–H and O–H groups in total. The van der Waals surface area contributed by atoms with Crippen LogP contribution in [0.5, 0.6) is 0 Å². The van der Waals surface area contributed by atoms with Crippen molar-refractivity contribution in [3.63, 3.8) is 0 Å². The van der Waals surface area contributed by atoms with Gasteiger partial charge >= 0.3 is 0 Å². The number of carbonyl (C=O) groups is 1. The molecule has 0 saturated heterocycles. The van der Waals surface area contributed by atoms with Crippen molar-refractivity contribution in [3.05, 3.63) is 17.8 Å². The number of carbonyl (C=O) groups excluding carboxylic acids is 1. The smallest absolute Gasteiger partial charge is 0.237 e. The molecule has 90 valence electrons. The number of hydrogen-bond acceptors (Lipinski definition) is 4. The molecule has 0 aliphatic heterocycles. The van der Waals surface area contributed by atoms with Crippen LogP contribution in [-0.2, 0) is 11.3 Å². The normalized spacial score (nSPS) is 12.8. The molecule has 0 aliphatic carbocycles. The van der Waals surface area contributed by atoms with Crippen LogP contribution in [-0.4, -0.2) is 16.9 Å². The Morgan fingerprint density at radius 2 is 2.31 bits per heavy atom. The average Bonchev–Trinajstić information content (AvgIpc) is 2.59. The highest BCUT2D eigenvalue weighted by Gasteiger charge is 2.15. The monoisotopic (exact) mass is 225 g/mol. The molecule has 0 aliphatic rings. The van der Waals surface area contributed by atoms with E-state index in [2.05, 4.69) is 10.3 Å². The van der Waals surface area contributed by atoms with Crippen molar-refractivity contribution < 1.29 is 9.21 Å². The average molecular weight is 225 g/mol. The Labute approximate surface area is 95.4 Å². The minimum Gasteiger partial charge on any atom is -0.448 e. The number of nitrogens with zero attached hydrogens (tertiary/aromatic N) is 1. The van der Waals surface area contributed by atoms with E-state index < -0.39 is 6.04 Å². The van der Waals surface area contributed by atoms with E-state index >= 15 is 0 Å². The maximum atomic E-state index is 11.6. The topological polar surface area (TPSA) is 81.2 Å². The highest BCUT2D eigenvalue weighted by atomic mass is 16.3. The fourth-order valence-electron chi connectivity index (χ4n) is 1.41. The lowest BCUT2D eigenvalue weighted by Gasteiger charge is -2.13.